The van der Waals surface area contributed by atoms with E-state index in [1.807, 2.05) is 33.0 Å². The standard InChI is InChI=1S/C27H42N4O5/c1-18(2)11-24-26(33)30(16-19-12-22(35-4)15-23(13-19)36-5)17-21(14-25(28)32)31(24)27(34)29(3)20-9-7-6-8-10-20/h12-13,15,18,20-21,24H,6-11,14,16-17H2,1-5H3,(H2,28,32)/t21-,24+/m1/s1. The van der Waals surface area contributed by atoms with Crippen LogP contribution in [-0.2, 0) is 16.1 Å². The Labute approximate surface area is 214 Å². The molecule has 0 aromatic heterocycles. The van der Waals surface area contributed by atoms with Crippen LogP contribution in [0.15, 0.2) is 18.2 Å². The molecule has 0 bridgehead atoms. The Hall–Kier alpha value is -2.97. The molecule has 1 aliphatic heterocycles. The summed E-state index contributed by atoms with van der Waals surface area (Å²) in [5.41, 5.74) is 6.48. The smallest absolute Gasteiger partial charge is 0.321 e. The van der Waals surface area contributed by atoms with Crippen molar-refractivity contribution >= 4 is 17.8 Å². The van der Waals surface area contributed by atoms with E-state index < -0.39 is 18.0 Å². The molecule has 200 valence electrons. The quantitative estimate of drug-likeness (QED) is 0.557. The zero-order chi connectivity index (χ0) is 26.4. The number of carbonyl (C=O) groups excluding carboxylic acids is 3. The summed E-state index contributed by atoms with van der Waals surface area (Å²) in [5, 5.41) is 0. The Morgan fingerprint density at radius 2 is 1.69 bits per heavy atom. The Bertz CT molecular complexity index is 908. The molecule has 0 unspecified atom stereocenters. The molecule has 1 saturated heterocycles. The number of ether oxygens (including phenoxy) is 2. The van der Waals surface area contributed by atoms with Gasteiger partial charge in [0.2, 0.25) is 11.8 Å². The molecular formula is C27H42N4O5. The topological polar surface area (TPSA) is 105 Å². The fourth-order valence-corrected chi connectivity index (χ4v) is 5.49. The number of primary amides is 1. The van der Waals surface area contributed by atoms with Crippen LogP contribution in [0, 0.1) is 5.92 Å². The zero-order valence-electron chi connectivity index (χ0n) is 22.4. The molecule has 36 heavy (non-hydrogen) atoms. The van der Waals surface area contributed by atoms with Gasteiger partial charge in [0.15, 0.2) is 0 Å². The predicted octanol–water partition coefficient (Wildman–Crippen LogP) is 3.39. The molecule has 0 radical (unpaired) electrons. The molecule has 2 N–H and O–H groups in total. The number of amides is 4. The van der Waals surface area contributed by atoms with Gasteiger partial charge in [0.25, 0.3) is 0 Å². The van der Waals surface area contributed by atoms with E-state index in [1.54, 1.807) is 35.0 Å². The first kappa shape index (κ1) is 27.6. The van der Waals surface area contributed by atoms with Crippen molar-refractivity contribution < 1.29 is 23.9 Å². The van der Waals surface area contributed by atoms with Gasteiger partial charge >= 0.3 is 6.03 Å². The molecule has 9 nitrogen and oxygen atoms in total. The number of benzene rings is 1. The lowest BCUT2D eigenvalue weighted by atomic mass is 9.93. The first-order valence-corrected chi connectivity index (χ1v) is 13.0. The van der Waals surface area contributed by atoms with Crippen LogP contribution in [0.4, 0.5) is 4.79 Å². The number of nitrogens with zero attached hydrogens (tertiary/aromatic N) is 3. The van der Waals surface area contributed by atoms with Crippen LogP contribution in [0.3, 0.4) is 0 Å². The summed E-state index contributed by atoms with van der Waals surface area (Å²) in [6.45, 7) is 4.63. The van der Waals surface area contributed by atoms with Gasteiger partial charge in [0.1, 0.15) is 17.5 Å². The Morgan fingerprint density at radius 1 is 1.08 bits per heavy atom. The first-order chi connectivity index (χ1) is 17.1. The number of rotatable bonds is 9. The fraction of sp³-hybridized carbons (Fsp3) is 0.667. The molecule has 9 heteroatoms. The number of urea groups is 1. The van der Waals surface area contributed by atoms with Gasteiger partial charge in [-0.05, 0) is 42.9 Å². The fourth-order valence-electron chi connectivity index (χ4n) is 5.49. The molecule has 2 atom stereocenters. The minimum Gasteiger partial charge on any atom is -0.497 e. The van der Waals surface area contributed by atoms with Crippen molar-refractivity contribution in [1.29, 1.82) is 0 Å². The van der Waals surface area contributed by atoms with Crippen molar-refractivity contribution in [1.82, 2.24) is 14.7 Å². The van der Waals surface area contributed by atoms with Crippen molar-refractivity contribution in [2.24, 2.45) is 11.7 Å². The molecule has 1 heterocycles. The van der Waals surface area contributed by atoms with Crippen LogP contribution in [0.25, 0.3) is 0 Å². The van der Waals surface area contributed by atoms with Crippen LogP contribution in [0.2, 0.25) is 0 Å². The maximum Gasteiger partial charge on any atom is 0.321 e. The van der Waals surface area contributed by atoms with Crippen molar-refractivity contribution in [3.8, 4) is 11.5 Å². The van der Waals surface area contributed by atoms with Crippen molar-refractivity contribution in [3.63, 3.8) is 0 Å². The lowest BCUT2D eigenvalue weighted by molar-refractivity contribution is -0.146. The molecule has 0 spiro atoms. The second-order valence-electron chi connectivity index (χ2n) is 10.5. The number of hydrogen-bond donors (Lipinski definition) is 1. The van der Waals surface area contributed by atoms with Crippen molar-refractivity contribution in [2.45, 2.75) is 83.5 Å². The second kappa shape index (κ2) is 12.3. The number of carbonyl (C=O) groups is 3. The number of hydrogen-bond acceptors (Lipinski definition) is 5. The Morgan fingerprint density at radius 3 is 2.22 bits per heavy atom. The van der Waals surface area contributed by atoms with E-state index in [-0.39, 0.29) is 36.9 Å². The molecule has 1 saturated carbocycles. The van der Waals surface area contributed by atoms with E-state index in [1.165, 1.54) is 6.42 Å². The second-order valence-corrected chi connectivity index (χ2v) is 10.5. The Kier molecular flexibility index (Phi) is 9.45. The van der Waals surface area contributed by atoms with Crippen LogP contribution >= 0.6 is 0 Å². The summed E-state index contributed by atoms with van der Waals surface area (Å²) in [6.07, 6.45) is 5.82. The van der Waals surface area contributed by atoms with E-state index >= 15 is 0 Å². The normalized spacial score (nSPS) is 21.0. The highest BCUT2D eigenvalue weighted by Gasteiger charge is 2.45. The molecule has 2 aliphatic rings. The lowest BCUT2D eigenvalue weighted by Gasteiger charge is -2.48. The summed E-state index contributed by atoms with van der Waals surface area (Å²) in [7, 11) is 4.99. The van der Waals surface area contributed by atoms with Crippen LogP contribution < -0.4 is 15.2 Å². The maximum atomic E-state index is 13.9. The SMILES string of the molecule is COc1cc(CN2C[C@@H](CC(N)=O)N(C(=O)N(C)C3CCCCC3)[C@@H](CC(C)C)C2=O)cc(OC)c1. The third-order valence-corrected chi connectivity index (χ3v) is 7.32. The summed E-state index contributed by atoms with van der Waals surface area (Å²) in [4.78, 5) is 45.0. The van der Waals surface area contributed by atoms with Crippen molar-refractivity contribution in [3.05, 3.63) is 23.8 Å². The van der Waals surface area contributed by atoms with Gasteiger partial charge in [0.05, 0.1) is 20.3 Å². The minimum absolute atomic E-state index is 0.00402. The molecule has 1 aromatic carbocycles. The third-order valence-electron chi connectivity index (χ3n) is 7.32. The van der Waals surface area contributed by atoms with Gasteiger partial charge in [0, 0.05) is 38.7 Å². The summed E-state index contributed by atoms with van der Waals surface area (Å²) in [5.74, 6) is 0.843. The van der Waals surface area contributed by atoms with E-state index in [0.29, 0.717) is 24.5 Å². The third kappa shape index (κ3) is 6.62. The van der Waals surface area contributed by atoms with E-state index in [4.69, 9.17) is 15.2 Å². The molecular weight excluding hydrogens is 460 g/mol. The minimum atomic E-state index is -0.658. The largest absolute Gasteiger partial charge is 0.497 e. The molecule has 4 amide bonds. The number of piperazine rings is 1. The van der Waals surface area contributed by atoms with Crippen molar-refractivity contribution in [2.75, 3.05) is 27.8 Å². The van der Waals surface area contributed by atoms with Gasteiger partial charge in [-0.25, -0.2) is 4.79 Å². The van der Waals surface area contributed by atoms with Gasteiger partial charge in [-0.2, -0.15) is 0 Å². The van der Waals surface area contributed by atoms with Crippen LogP contribution in [0.5, 0.6) is 11.5 Å². The van der Waals surface area contributed by atoms with E-state index in [0.717, 1.165) is 31.2 Å². The summed E-state index contributed by atoms with van der Waals surface area (Å²) >= 11 is 0. The van der Waals surface area contributed by atoms with E-state index in [9.17, 15) is 14.4 Å². The van der Waals surface area contributed by atoms with Gasteiger partial charge in [-0.3, -0.25) is 9.59 Å². The predicted molar refractivity (Wildman–Crippen MR) is 138 cm³/mol. The molecule has 2 fully saturated rings. The Balaban J connectivity index is 1.93. The highest BCUT2D eigenvalue weighted by atomic mass is 16.5. The number of methoxy groups -OCH3 is 2. The monoisotopic (exact) mass is 502 g/mol. The molecule has 3 rings (SSSR count). The van der Waals surface area contributed by atoms with E-state index in [2.05, 4.69) is 0 Å². The highest BCUT2D eigenvalue weighted by Crippen LogP contribution is 2.31. The lowest BCUT2D eigenvalue weighted by Crippen LogP contribution is -2.66. The summed E-state index contributed by atoms with van der Waals surface area (Å²) < 4.78 is 10.8. The molecule has 1 aliphatic carbocycles. The van der Waals surface area contributed by atoms with Gasteiger partial charge in [-0.15, -0.1) is 0 Å². The van der Waals surface area contributed by atoms with Gasteiger partial charge < -0.3 is 29.9 Å². The average molecular weight is 503 g/mol. The van der Waals surface area contributed by atoms with Crippen LogP contribution in [-0.4, -0.2) is 78.5 Å². The number of nitrogens with two attached hydrogens (primary N) is 1. The maximum absolute atomic E-state index is 13.9. The zero-order valence-corrected chi connectivity index (χ0v) is 22.4. The first-order valence-electron chi connectivity index (χ1n) is 13.0. The molecule has 1 aromatic rings. The average Bonchev–Trinajstić information content (AvgIpc) is 2.85. The highest BCUT2D eigenvalue weighted by molar-refractivity contribution is 5.89. The summed E-state index contributed by atoms with van der Waals surface area (Å²) in [6, 6.07) is 4.33. The van der Waals surface area contributed by atoms with Crippen LogP contribution in [0.1, 0.15) is 64.4 Å². The van der Waals surface area contributed by atoms with Gasteiger partial charge in [-0.1, -0.05) is 33.1 Å².